The molecule has 0 heterocycles. The number of ether oxygens (including phenoxy) is 2. The van der Waals surface area contributed by atoms with Crippen molar-refractivity contribution in [2.45, 2.75) is 29.9 Å². The Morgan fingerprint density at radius 1 is 1.21 bits per heavy atom. The molecule has 14 heavy (non-hydrogen) atoms. The Morgan fingerprint density at radius 2 is 1.93 bits per heavy atom. The smallest absolute Gasteiger partial charge is 0.0847 e. The van der Waals surface area contributed by atoms with Gasteiger partial charge in [0.15, 0.2) is 0 Å². The minimum Gasteiger partial charge on any atom is -0.376 e. The summed E-state index contributed by atoms with van der Waals surface area (Å²) in [6.45, 7) is 1.24. The van der Waals surface area contributed by atoms with Crippen molar-refractivity contribution in [3.05, 3.63) is 0 Å². The van der Waals surface area contributed by atoms with E-state index in [0.717, 1.165) is 0 Å². The van der Waals surface area contributed by atoms with Crippen molar-refractivity contribution >= 4 is 39.1 Å². The van der Waals surface area contributed by atoms with E-state index in [4.69, 9.17) is 32.7 Å². The van der Waals surface area contributed by atoms with Crippen molar-refractivity contribution in [2.75, 3.05) is 25.0 Å². The van der Waals surface area contributed by atoms with Crippen LogP contribution in [0.15, 0.2) is 0 Å². The van der Waals surface area contributed by atoms with Crippen molar-refractivity contribution in [3.63, 3.8) is 0 Å². The molecule has 1 rings (SSSR count). The van der Waals surface area contributed by atoms with E-state index in [1.54, 1.807) is 0 Å². The van der Waals surface area contributed by atoms with Gasteiger partial charge in [0.2, 0.25) is 0 Å². The predicted molar refractivity (Wildman–Crippen MR) is 62.9 cm³/mol. The molecule has 1 saturated carbocycles. The van der Waals surface area contributed by atoms with Crippen LogP contribution in [0, 0.1) is 0 Å². The van der Waals surface area contributed by atoms with Crippen molar-refractivity contribution in [1.29, 1.82) is 0 Å². The van der Waals surface area contributed by atoms with E-state index >= 15 is 0 Å². The maximum absolute atomic E-state index is 5.74. The molecule has 0 aromatic carbocycles. The van der Waals surface area contributed by atoms with E-state index in [-0.39, 0.29) is 10.9 Å². The highest BCUT2D eigenvalue weighted by Gasteiger charge is 2.22. The third-order valence-corrected chi connectivity index (χ3v) is 3.92. The van der Waals surface area contributed by atoms with Crippen LogP contribution in [0.25, 0.3) is 0 Å². The summed E-state index contributed by atoms with van der Waals surface area (Å²) in [6.07, 6.45) is 2.85. The Bertz CT molecular complexity index is 156. The average Bonchev–Trinajstić information content (AvgIpc) is 3.01. The Kier molecular flexibility index (Phi) is 6.79. The van der Waals surface area contributed by atoms with E-state index < -0.39 is 0 Å². The second kappa shape index (κ2) is 7.29. The van der Waals surface area contributed by atoms with Crippen LogP contribution in [0.1, 0.15) is 12.8 Å². The molecule has 0 N–H and O–H groups in total. The quantitative estimate of drug-likeness (QED) is 0.507. The number of hydrogen-bond acceptors (Lipinski definition) is 2. The maximum Gasteiger partial charge on any atom is 0.0847 e. The standard InChI is InChI=1S/C9H15BrCl2O2/c10-8(5-11)9(6-12)14-4-3-13-7-1-2-7/h7-9H,1-6H2. The third-order valence-electron chi connectivity index (χ3n) is 2.00. The summed E-state index contributed by atoms with van der Waals surface area (Å²) in [5.41, 5.74) is 0. The topological polar surface area (TPSA) is 18.5 Å². The number of hydrogen-bond donors (Lipinski definition) is 0. The molecule has 0 aromatic heterocycles. The summed E-state index contributed by atoms with van der Waals surface area (Å²) in [5.74, 6) is 0.951. The first-order valence-electron chi connectivity index (χ1n) is 4.77. The zero-order valence-corrected chi connectivity index (χ0v) is 11.0. The van der Waals surface area contributed by atoms with E-state index in [1.165, 1.54) is 12.8 Å². The maximum atomic E-state index is 5.74. The van der Waals surface area contributed by atoms with Gasteiger partial charge in [-0.15, -0.1) is 23.2 Å². The molecule has 5 heteroatoms. The molecule has 84 valence electrons. The van der Waals surface area contributed by atoms with Gasteiger partial charge >= 0.3 is 0 Å². The van der Waals surface area contributed by atoms with Crippen molar-refractivity contribution in [2.24, 2.45) is 0 Å². The minimum absolute atomic E-state index is 0.0306. The summed E-state index contributed by atoms with van der Waals surface area (Å²) in [5, 5.41) is 0. The summed E-state index contributed by atoms with van der Waals surface area (Å²) in [4.78, 5) is 0.114. The van der Waals surface area contributed by atoms with E-state index in [9.17, 15) is 0 Å². The molecule has 0 bridgehead atoms. The van der Waals surface area contributed by atoms with Crippen LogP contribution in [0.5, 0.6) is 0 Å². The SMILES string of the molecule is ClCC(Br)C(CCl)OCCOC1CC1. The zero-order chi connectivity index (χ0) is 10.4. The Morgan fingerprint density at radius 3 is 2.43 bits per heavy atom. The Hall–Kier alpha value is 0.980. The first kappa shape index (κ1) is 13.0. The predicted octanol–water partition coefficient (Wildman–Crippen LogP) is 2.79. The van der Waals surface area contributed by atoms with Crippen LogP contribution in [0.4, 0.5) is 0 Å². The highest BCUT2D eigenvalue weighted by molar-refractivity contribution is 9.09. The van der Waals surface area contributed by atoms with Crippen LogP contribution < -0.4 is 0 Å². The van der Waals surface area contributed by atoms with Gasteiger partial charge in [-0.1, -0.05) is 15.9 Å². The first-order chi connectivity index (χ1) is 6.77. The van der Waals surface area contributed by atoms with E-state index in [2.05, 4.69) is 15.9 Å². The lowest BCUT2D eigenvalue weighted by atomic mass is 10.3. The zero-order valence-electron chi connectivity index (χ0n) is 7.93. The fourth-order valence-electron chi connectivity index (χ4n) is 0.994. The van der Waals surface area contributed by atoms with Crippen LogP contribution in [0.3, 0.4) is 0 Å². The summed E-state index contributed by atoms with van der Waals surface area (Å²) >= 11 is 14.8. The molecule has 0 radical (unpaired) electrons. The highest BCUT2D eigenvalue weighted by Crippen LogP contribution is 2.23. The minimum atomic E-state index is -0.0306. The van der Waals surface area contributed by atoms with Crippen LogP contribution in [-0.2, 0) is 9.47 Å². The second-order valence-electron chi connectivity index (χ2n) is 3.30. The summed E-state index contributed by atoms with van der Waals surface area (Å²) in [7, 11) is 0. The van der Waals surface area contributed by atoms with Crippen molar-refractivity contribution in [3.8, 4) is 0 Å². The fraction of sp³-hybridized carbons (Fsp3) is 1.00. The van der Waals surface area contributed by atoms with Gasteiger partial charge in [0.25, 0.3) is 0 Å². The first-order valence-corrected chi connectivity index (χ1v) is 6.75. The summed E-state index contributed by atoms with van der Waals surface area (Å²) in [6, 6.07) is 0. The fourth-order valence-corrected chi connectivity index (χ4v) is 2.05. The Balaban J connectivity index is 2.00. The molecular weight excluding hydrogens is 291 g/mol. The molecule has 1 aliphatic rings. The van der Waals surface area contributed by atoms with Crippen LogP contribution >= 0.6 is 39.1 Å². The monoisotopic (exact) mass is 304 g/mol. The number of alkyl halides is 3. The van der Waals surface area contributed by atoms with Gasteiger partial charge in [-0.25, -0.2) is 0 Å². The lowest BCUT2D eigenvalue weighted by molar-refractivity contribution is 0.0103. The molecule has 0 spiro atoms. The lowest BCUT2D eigenvalue weighted by Crippen LogP contribution is -2.29. The molecule has 1 aliphatic carbocycles. The second-order valence-corrected chi connectivity index (χ2v) is 5.10. The van der Waals surface area contributed by atoms with Gasteiger partial charge in [-0.05, 0) is 12.8 Å². The van der Waals surface area contributed by atoms with Crippen molar-refractivity contribution in [1.82, 2.24) is 0 Å². The summed E-state index contributed by atoms with van der Waals surface area (Å²) < 4.78 is 11.0. The number of rotatable bonds is 8. The molecule has 0 saturated heterocycles. The molecule has 0 aliphatic heterocycles. The molecule has 2 unspecified atom stereocenters. The van der Waals surface area contributed by atoms with Gasteiger partial charge in [0.05, 0.1) is 30.2 Å². The molecule has 2 nitrogen and oxygen atoms in total. The molecule has 0 amide bonds. The van der Waals surface area contributed by atoms with E-state index in [0.29, 0.717) is 31.1 Å². The van der Waals surface area contributed by atoms with Crippen molar-refractivity contribution < 1.29 is 9.47 Å². The lowest BCUT2D eigenvalue weighted by Gasteiger charge is -2.18. The third kappa shape index (κ3) is 5.17. The molecule has 1 fully saturated rings. The largest absolute Gasteiger partial charge is 0.376 e. The van der Waals surface area contributed by atoms with Gasteiger partial charge in [-0.2, -0.15) is 0 Å². The molecular formula is C9H15BrCl2O2. The van der Waals surface area contributed by atoms with E-state index in [1.807, 2.05) is 0 Å². The molecule has 2 atom stereocenters. The normalized spacial score (nSPS) is 20.8. The average molecular weight is 306 g/mol. The molecule has 0 aromatic rings. The van der Waals surface area contributed by atoms with Gasteiger partial charge in [0, 0.05) is 11.8 Å². The van der Waals surface area contributed by atoms with Gasteiger partial charge in [0.1, 0.15) is 0 Å². The van der Waals surface area contributed by atoms with Gasteiger partial charge < -0.3 is 9.47 Å². The Labute approximate surface area is 103 Å². The van der Waals surface area contributed by atoms with Gasteiger partial charge in [-0.3, -0.25) is 0 Å². The highest BCUT2D eigenvalue weighted by atomic mass is 79.9. The van der Waals surface area contributed by atoms with Crippen LogP contribution in [-0.4, -0.2) is 42.0 Å². The van der Waals surface area contributed by atoms with Crippen LogP contribution in [0.2, 0.25) is 0 Å². The number of halogens is 3.